The van der Waals surface area contributed by atoms with Crippen molar-refractivity contribution in [2.75, 3.05) is 38.2 Å². The molecule has 21 heavy (non-hydrogen) atoms. The molecule has 2 fully saturated rings. The number of likely N-dealkylation sites (N-methyl/N-ethyl adjacent to an activating group) is 1. The van der Waals surface area contributed by atoms with Gasteiger partial charge in [-0.1, -0.05) is 0 Å². The number of likely N-dealkylation sites (tertiary alicyclic amines) is 1. The molecule has 1 aromatic rings. The lowest BCUT2D eigenvalue weighted by Crippen LogP contribution is -2.61. The van der Waals surface area contributed by atoms with E-state index in [0.29, 0.717) is 17.6 Å². The highest BCUT2D eigenvalue weighted by atomic mass is 16.3. The number of nitriles is 1. The Hall–Kier alpha value is -1.71. The van der Waals surface area contributed by atoms with Gasteiger partial charge in [-0.05, 0) is 32.9 Å². The van der Waals surface area contributed by atoms with Crippen LogP contribution in [0.25, 0.3) is 0 Å². The van der Waals surface area contributed by atoms with E-state index in [1.54, 1.807) is 12.4 Å². The number of anilines is 1. The lowest BCUT2D eigenvalue weighted by Gasteiger charge is -2.53. The average molecular weight is 287 g/mol. The number of rotatable bonds is 2. The summed E-state index contributed by atoms with van der Waals surface area (Å²) in [5.41, 5.74) is 0.380. The van der Waals surface area contributed by atoms with E-state index in [2.05, 4.69) is 32.9 Å². The predicted molar refractivity (Wildman–Crippen MR) is 78.7 cm³/mol. The summed E-state index contributed by atoms with van der Waals surface area (Å²) in [5.74, 6) is 0.672. The minimum absolute atomic E-state index is 0.00147. The van der Waals surface area contributed by atoms with Gasteiger partial charge in [0, 0.05) is 36.9 Å². The van der Waals surface area contributed by atoms with Crippen LogP contribution in [0.15, 0.2) is 12.4 Å². The van der Waals surface area contributed by atoms with Crippen molar-refractivity contribution in [2.45, 2.75) is 25.3 Å². The summed E-state index contributed by atoms with van der Waals surface area (Å²) in [5, 5.41) is 19.1. The van der Waals surface area contributed by atoms with Crippen LogP contribution >= 0.6 is 0 Å². The van der Waals surface area contributed by atoms with E-state index in [9.17, 15) is 10.4 Å². The second-order valence-corrected chi connectivity index (χ2v) is 6.16. The minimum atomic E-state index is -0.00147. The van der Waals surface area contributed by atoms with Gasteiger partial charge in [0.1, 0.15) is 6.07 Å². The van der Waals surface area contributed by atoms with Crippen molar-refractivity contribution in [3.8, 4) is 6.07 Å². The first kappa shape index (κ1) is 14.2. The molecule has 2 atom stereocenters. The van der Waals surface area contributed by atoms with Crippen LogP contribution in [0.2, 0.25) is 0 Å². The van der Waals surface area contributed by atoms with Gasteiger partial charge in [-0.15, -0.1) is 0 Å². The quantitative estimate of drug-likeness (QED) is 0.860. The maximum absolute atomic E-state index is 9.93. The first-order chi connectivity index (χ1) is 10.2. The number of aliphatic hydroxyl groups excluding tert-OH is 1. The molecule has 0 amide bonds. The molecule has 0 radical (unpaired) electrons. The molecule has 0 aromatic carbocycles. The third kappa shape index (κ3) is 2.37. The normalized spacial score (nSPS) is 29.8. The highest BCUT2D eigenvalue weighted by Gasteiger charge is 2.46. The van der Waals surface area contributed by atoms with Crippen LogP contribution in [-0.2, 0) is 0 Å². The molecule has 2 aliphatic heterocycles. The molecular weight excluding hydrogens is 266 g/mol. The van der Waals surface area contributed by atoms with E-state index in [1.165, 1.54) is 0 Å². The predicted octanol–water partition coefficient (Wildman–Crippen LogP) is 0.631. The van der Waals surface area contributed by atoms with Crippen molar-refractivity contribution < 1.29 is 5.11 Å². The van der Waals surface area contributed by atoms with Gasteiger partial charge in [-0.2, -0.15) is 5.26 Å². The number of fused-ring (bicyclic) bond motifs is 1. The topological polar surface area (TPSA) is 76.3 Å². The second kappa shape index (κ2) is 5.58. The smallest absolute Gasteiger partial charge is 0.183 e. The van der Waals surface area contributed by atoms with E-state index in [-0.39, 0.29) is 12.0 Å². The van der Waals surface area contributed by atoms with Gasteiger partial charge in [0.25, 0.3) is 0 Å². The van der Waals surface area contributed by atoms with E-state index >= 15 is 0 Å². The van der Waals surface area contributed by atoms with Gasteiger partial charge < -0.3 is 14.9 Å². The zero-order valence-corrected chi connectivity index (χ0v) is 12.4. The number of aliphatic hydroxyl groups is 1. The van der Waals surface area contributed by atoms with Crippen molar-refractivity contribution >= 4 is 5.82 Å². The van der Waals surface area contributed by atoms with Crippen molar-refractivity contribution in [3.05, 3.63) is 18.1 Å². The van der Waals surface area contributed by atoms with Crippen LogP contribution in [0.1, 0.15) is 25.0 Å². The Morgan fingerprint density at radius 2 is 2.19 bits per heavy atom. The number of nitrogens with zero attached hydrogens (tertiary/aromatic N) is 5. The summed E-state index contributed by atoms with van der Waals surface area (Å²) in [6.45, 7) is 2.91. The Kier molecular flexibility index (Phi) is 3.79. The molecule has 2 aliphatic rings. The van der Waals surface area contributed by atoms with E-state index in [0.717, 1.165) is 38.9 Å². The molecular formula is C15H21N5O. The van der Waals surface area contributed by atoms with Crippen LogP contribution in [0.4, 0.5) is 5.82 Å². The fraction of sp³-hybridized carbons (Fsp3) is 0.667. The number of aromatic nitrogens is 2. The van der Waals surface area contributed by atoms with Crippen molar-refractivity contribution in [1.29, 1.82) is 5.26 Å². The Balaban J connectivity index is 1.88. The fourth-order valence-corrected chi connectivity index (χ4v) is 3.85. The van der Waals surface area contributed by atoms with Gasteiger partial charge >= 0.3 is 0 Å². The molecule has 0 bridgehead atoms. The van der Waals surface area contributed by atoms with Crippen LogP contribution in [-0.4, -0.2) is 59.3 Å². The number of hydrogen-bond donors (Lipinski definition) is 1. The lowest BCUT2D eigenvalue weighted by atomic mass is 9.69. The zero-order valence-electron chi connectivity index (χ0n) is 12.4. The molecule has 112 valence electrons. The zero-order chi connectivity index (χ0) is 14.9. The molecule has 0 aliphatic carbocycles. The Labute approximate surface area is 125 Å². The van der Waals surface area contributed by atoms with Crippen LogP contribution < -0.4 is 4.90 Å². The van der Waals surface area contributed by atoms with Gasteiger partial charge in [-0.3, -0.25) is 0 Å². The highest BCUT2D eigenvalue weighted by molar-refractivity contribution is 5.50. The number of hydrogen-bond acceptors (Lipinski definition) is 6. The first-order valence-electron chi connectivity index (χ1n) is 7.47. The largest absolute Gasteiger partial charge is 0.396 e. The second-order valence-electron chi connectivity index (χ2n) is 6.16. The summed E-state index contributed by atoms with van der Waals surface area (Å²) >= 11 is 0. The number of piperidine rings is 2. The van der Waals surface area contributed by atoms with E-state index < -0.39 is 0 Å². The average Bonchev–Trinajstić information content (AvgIpc) is 2.55. The monoisotopic (exact) mass is 287 g/mol. The van der Waals surface area contributed by atoms with Crippen molar-refractivity contribution in [3.63, 3.8) is 0 Å². The third-order valence-corrected chi connectivity index (χ3v) is 5.10. The van der Waals surface area contributed by atoms with Gasteiger partial charge in [0.05, 0.1) is 6.61 Å². The first-order valence-corrected chi connectivity index (χ1v) is 7.47. The summed E-state index contributed by atoms with van der Waals surface area (Å²) in [4.78, 5) is 12.9. The molecule has 0 spiro atoms. The molecule has 0 saturated carbocycles. The van der Waals surface area contributed by atoms with Crippen LogP contribution in [0.5, 0.6) is 0 Å². The van der Waals surface area contributed by atoms with Crippen molar-refractivity contribution in [1.82, 2.24) is 14.9 Å². The SMILES string of the molecule is CN1CCC[C@]2(CO)CCN(c3nccnc3C#N)C[C@@H]12. The summed E-state index contributed by atoms with van der Waals surface area (Å²) < 4.78 is 0. The Bertz CT molecular complexity index is 557. The summed E-state index contributed by atoms with van der Waals surface area (Å²) in [7, 11) is 2.12. The van der Waals surface area contributed by atoms with Crippen molar-refractivity contribution in [2.24, 2.45) is 5.41 Å². The summed E-state index contributed by atoms with van der Waals surface area (Å²) in [6, 6.07) is 2.43. The van der Waals surface area contributed by atoms with Crippen LogP contribution in [0, 0.1) is 16.7 Å². The highest BCUT2D eigenvalue weighted by Crippen LogP contribution is 2.42. The van der Waals surface area contributed by atoms with Gasteiger partial charge in [-0.25, -0.2) is 9.97 Å². The summed E-state index contributed by atoms with van der Waals surface area (Å²) in [6.07, 6.45) is 6.34. The fourth-order valence-electron chi connectivity index (χ4n) is 3.85. The molecule has 2 saturated heterocycles. The molecule has 0 unspecified atom stereocenters. The van der Waals surface area contributed by atoms with E-state index in [4.69, 9.17) is 0 Å². The molecule has 6 heteroatoms. The third-order valence-electron chi connectivity index (χ3n) is 5.10. The molecule has 3 rings (SSSR count). The maximum atomic E-state index is 9.93. The molecule has 1 aromatic heterocycles. The van der Waals surface area contributed by atoms with Crippen LogP contribution in [0.3, 0.4) is 0 Å². The lowest BCUT2D eigenvalue weighted by molar-refractivity contribution is -0.0277. The standard InChI is InChI=1S/C15H21N5O/c1-19-7-2-3-15(11-21)4-8-20(10-13(15)19)14-12(9-16)17-5-6-18-14/h5-6,13,21H,2-4,7-8,10-11H2,1H3/t13-,15-/m1/s1. The Morgan fingerprint density at radius 3 is 2.95 bits per heavy atom. The Morgan fingerprint density at radius 1 is 1.38 bits per heavy atom. The molecule has 3 heterocycles. The van der Waals surface area contributed by atoms with Gasteiger partial charge in [0.2, 0.25) is 0 Å². The minimum Gasteiger partial charge on any atom is -0.396 e. The maximum Gasteiger partial charge on any atom is 0.183 e. The van der Waals surface area contributed by atoms with Gasteiger partial charge in [0.15, 0.2) is 11.5 Å². The molecule has 6 nitrogen and oxygen atoms in total. The van der Waals surface area contributed by atoms with E-state index in [1.807, 2.05) is 0 Å². The molecule has 1 N–H and O–H groups in total.